The Morgan fingerprint density at radius 1 is 1.00 bits per heavy atom. The van der Waals surface area contributed by atoms with E-state index in [4.69, 9.17) is 5.41 Å². The summed E-state index contributed by atoms with van der Waals surface area (Å²) in [5.74, 6) is 3.50. The summed E-state index contributed by atoms with van der Waals surface area (Å²) in [6, 6.07) is 0. The first-order chi connectivity index (χ1) is 7.34. The number of hydrogen-bond acceptors (Lipinski definition) is 1. The molecule has 2 nitrogen and oxygen atoms in total. The number of piperidine rings is 1. The predicted octanol–water partition coefficient (Wildman–Crippen LogP) is 2.89. The molecule has 0 aromatic heterocycles. The second-order valence-corrected chi connectivity index (χ2v) is 5.71. The Kier molecular flexibility index (Phi) is 2.45. The quantitative estimate of drug-likeness (QED) is 0.518. The lowest BCUT2D eigenvalue weighted by Gasteiger charge is -2.34. The van der Waals surface area contributed by atoms with Gasteiger partial charge in [-0.15, -0.1) is 0 Å². The minimum absolute atomic E-state index is 0.641. The molecule has 0 aromatic rings. The number of likely N-dealkylation sites (tertiary alicyclic amines) is 1. The summed E-state index contributed by atoms with van der Waals surface area (Å²) in [5.41, 5.74) is 0. The molecule has 15 heavy (non-hydrogen) atoms. The fraction of sp³-hybridized carbons (Fsp3) is 0.923. The van der Waals surface area contributed by atoms with E-state index in [1.54, 1.807) is 0 Å². The minimum Gasteiger partial charge on any atom is -0.360 e. The van der Waals surface area contributed by atoms with Crippen molar-refractivity contribution < 1.29 is 0 Å². The Balaban J connectivity index is 1.64. The molecule has 2 bridgehead atoms. The molecule has 3 unspecified atom stereocenters. The van der Waals surface area contributed by atoms with Crippen LogP contribution in [0.2, 0.25) is 0 Å². The van der Waals surface area contributed by atoms with E-state index in [1.165, 1.54) is 44.9 Å². The molecule has 0 amide bonds. The molecule has 3 aliphatic rings. The lowest BCUT2D eigenvalue weighted by molar-refractivity contribution is 0.300. The van der Waals surface area contributed by atoms with Gasteiger partial charge in [-0.2, -0.15) is 0 Å². The summed E-state index contributed by atoms with van der Waals surface area (Å²) >= 11 is 0. The Morgan fingerprint density at radius 2 is 1.80 bits per heavy atom. The maximum absolute atomic E-state index is 8.36. The van der Waals surface area contributed by atoms with Crippen LogP contribution in [0.1, 0.15) is 44.9 Å². The summed E-state index contributed by atoms with van der Waals surface area (Å²) in [6.07, 6.45) is 9.62. The fourth-order valence-corrected chi connectivity index (χ4v) is 3.95. The number of nitrogens with zero attached hydrogens (tertiary/aromatic N) is 1. The van der Waals surface area contributed by atoms with Gasteiger partial charge >= 0.3 is 0 Å². The normalized spacial score (nSPS) is 39.7. The number of amidine groups is 1. The molecule has 2 heteroatoms. The van der Waals surface area contributed by atoms with Crippen LogP contribution in [0.3, 0.4) is 0 Å². The minimum atomic E-state index is 0.641. The molecule has 0 spiro atoms. The molecule has 1 heterocycles. The second kappa shape index (κ2) is 3.80. The topological polar surface area (TPSA) is 27.1 Å². The van der Waals surface area contributed by atoms with E-state index in [2.05, 4.69) is 4.90 Å². The third kappa shape index (κ3) is 1.68. The van der Waals surface area contributed by atoms with Crippen molar-refractivity contribution >= 4 is 5.84 Å². The zero-order chi connectivity index (χ0) is 10.3. The van der Waals surface area contributed by atoms with Crippen LogP contribution in [0.15, 0.2) is 0 Å². The fourth-order valence-electron chi connectivity index (χ4n) is 3.95. The highest BCUT2D eigenvalue weighted by Crippen LogP contribution is 2.49. The monoisotopic (exact) mass is 206 g/mol. The van der Waals surface area contributed by atoms with Gasteiger partial charge in [-0.25, -0.2) is 0 Å². The standard InChI is InChI=1S/C13H22N2/c14-13(15-6-2-1-3-7-15)12-9-10-4-5-11(12)8-10/h10-12,14H,1-9H2. The van der Waals surface area contributed by atoms with Gasteiger partial charge in [0, 0.05) is 19.0 Å². The summed E-state index contributed by atoms with van der Waals surface area (Å²) in [5, 5.41) is 8.36. The van der Waals surface area contributed by atoms with Gasteiger partial charge in [-0.3, -0.25) is 5.41 Å². The van der Waals surface area contributed by atoms with Gasteiger partial charge in [0.1, 0.15) is 0 Å². The molecule has 1 N–H and O–H groups in total. The van der Waals surface area contributed by atoms with Crippen LogP contribution in [-0.2, 0) is 0 Å². The van der Waals surface area contributed by atoms with Crippen LogP contribution in [-0.4, -0.2) is 23.8 Å². The van der Waals surface area contributed by atoms with E-state index in [0.29, 0.717) is 5.92 Å². The van der Waals surface area contributed by atoms with Crippen LogP contribution >= 0.6 is 0 Å². The molecule has 3 fully saturated rings. The molecule has 2 aliphatic carbocycles. The van der Waals surface area contributed by atoms with E-state index >= 15 is 0 Å². The molecule has 0 radical (unpaired) electrons. The summed E-state index contributed by atoms with van der Waals surface area (Å²) < 4.78 is 0. The Labute approximate surface area is 92.5 Å². The van der Waals surface area contributed by atoms with Crippen molar-refractivity contribution in [3.8, 4) is 0 Å². The first-order valence-corrected chi connectivity index (χ1v) is 6.68. The van der Waals surface area contributed by atoms with Crippen molar-refractivity contribution in [1.29, 1.82) is 5.41 Å². The highest BCUT2D eigenvalue weighted by Gasteiger charge is 2.42. The van der Waals surface area contributed by atoms with E-state index in [9.17, 15) is 0 Å². The number of fused-ring (bicyclic) bond motifs is 2. The molecule has 2 saturated carbocycles. The number of nitrogens with one attached hydrogen (secondary N) is 1. The van der Waals surface area contributed by atoms with Crippen LogP contribution in [0.25, 0.3) is 0 Å². The van der Waals surface area contributed by atoms with E-state index < -0.39 is 0 Å². The highest BCUT2D eigenvalue weighted by molar-refractivity contribution is 5.82. The molecule has 84 valence electrons. The molecule has 1 saturated heterocycles. The maximum atomic E-state index is 8.36. The Bertz CT molecular complexity index is 255. The number of hydrogen-bond donors (Lipinski definition) is 1. The molecule has 3 atom stereocenters. The van der Waals surface area contributed by atoms with Crippen molar-refractivity contribution in [2.45, 2.75) is 44.9 Å². The van der Waals surface area contributed by atoms with Crippen molar-refractivity contribution in [3.05, 3.63) is 0 Å². The van der Waals surface area contributed by atoms with E-state index in [1.807, 2.05) is 0 Å². The summed E-state index contributed by atoms with van der Waals surface area (Å²) in [4.78, 5) is 2.37. The van der Waals surface area contributed by atoms with Crippen molar-refractivity contribution in [3.63, 3.8) is 0 Å². The predicted molar refractivity (Wildman–Crippen MR) is 62.1 cm³/mol. The molecular weight excluding hydrogens is 184 g/mol. The third-order valence-corrected chi connectivity index (χ3v) is 4.79. The van der Waals surface area contributed by atoms with Crippen molar-refractivity contribution in [2.75, 3.05) is 13.1 Å². The van der Waals surface area contributed by atoms with Gasteiger partial charge in [0.05, 0.1) is 5.84 Å². The highest BCUT2D eigenvalue weighted by atomic mass is 15.2. The lowest BCUT2D eigenvalue weighted by atomic mass is 9.87. The summed E-state index contributed by atoms with van der Waals surface area (Å²) in [7, 11) is 0. The number of rotatable bonds is 1. The zero-order valence-electron chi connectivity index (χ0n) is 9.54. The smallest absolute Gasteiger partial charge is 0.0992 e. The van der Waals surface area contributed by atoms with Gasteiger partial charge in [-0.1, -0.05) is 6.42 Å². The molecular formula is C13H22N2. The van der Waals surface area contributed by atoms with Crippen LogP contribution in [0.5, 0.6) is 0 Å². The SMILES string of the molecule is N=C(C1CC2CCC1C2)N1CCCCC1. The Hall–Kier alpha value is -0.530. The molecule has 1 aliphatic heterocycles. The van der Waals surface area contributed by atoms with Crippen molar-refractivity contribution in [2.24, 2.45) is 17.8 Å². The first kappa shape index (κ1) is 9.68. The van der Waals surface area contributed by atoms with E-state index in [-0.39, 0.29) is 0 Å². The van der Waals surface area contributed by atoms with Gasteiger partial charge < -0.3 is 4.90 Å². The largest absolute Gasteiger partial charge is 0.360 e. The van der Waals surface area contributed by atoms with Gasteiger partial charge in [0.2, 0.25) is 0 Å². The van der Waals surface area contributed by atoms with E-state index in [0.717, 1.165) is 30.8 Å². The molecule has 0 aromatic carbocycles. The van der Waals surface area contributed by atoms with Gasteiger partial charge in [0.15, 0.2) is 0 Å². The van der Waals surface area contributed by atoms with Crippen LogP contribution in [0.4, 0.5) is 0 Å². The zero-order valence-corrected chi connectivity index (χ0v) is 9.54. The van der Waals surface area contributed by atoms with Crippen LogP contribution < -0.4 is 0 Å². The maximum Gasteiger partial charge on any atom is 0.0992 e. The van der Waals surface area contributed by atoms with Gasteiger partial charge in [-0.05, 0) is 50.4 Å². The van der Waals surface area contributed by atoms with Crippen LogP contribution in [0, 0.1) is 23.2 Å². The summed E-state index contributed by atoms with van der Waals surface area (Å²) in [6.45, 7) is 2.32. The Morgan fingerprint density at radius 3 is 2.40 bits per heavy atom. The van der Waals surface area contributed by atoms with Crippen molar-refractivity contribution in [1.82, 2.24) is 4.90 Å². The third-order valence-electron chi connectivity index (χ3n) is 4.79. The second-order valence-electron chi connectivity index (χ2n) is 5.71. The van der Waals surface area contributed by atoms with Gasteiger partial charge in [0.25, 0.3) is 0 Å². The average Bonchev–Trinajstić information content (AvgIpc) is 2.91. The average molecular weight is 206 g/mol. The lowest BCUT2D eigenvalue weighted by Crippen LogP contribution is -2.40. The molecule has 3 rings (SSSR count). The first-order valence-electron chi connectivity index (χ1n) is 6.68.